The lowest BCUT2D eigenvalue weighted by Gasteiger charge is -2.32. The Morgan fingerprint density at radius 3 is 2.31 bits per heavy atom. The first kappa shape index (κ1) is 27.0. The van der Waals surface area contributed by atoms with E-state index < -0.39 is 28.5 Å². The second-order valence-electron chi connectivity index (χ2n) is 8.98. The van der Waals surface area contributed by atoms with Gasteiger partial charge < -0.3 is 15.0 Å². The van der Waals surface area contributed by atoms with Crippen molar-refractivity contribution in [1.82, 2.24) is 10.2 Å². The summed E-state index contributed by atoms with van der Waals surface area (Å²) in [7, 11) is -2.27. The maximum atomic E-state index is 13.7. The number of hydrogen-bond acceptors (Lipinski definition) is 5. The molecule has 0 spiro atoms. The van der Waals surface area contributed by atoms with Crippen LogP contribution in [0.15, 0.2) is 66.7 Å². The predicted octanol–water partition coefficient (Wildman–Crippen LogP) is 3.56. The standard InChI is InChI=1S/C27H33N3O5S/c1-19(2)28-27(32)20(3)29(17-21-10-8-13-23(16-21)35-4)26(31)18-30(36(5,33)34)25-15-9-12-22-11-6-7-14-24(22)25/h6-16,19-20H,17-18H2,1-5H3,(H,28,32)/t20-/m1/s1. The molecule has 0 radical (unpaired) electrons. The van der Waals surface area contributed by atoms with Gasteiger partial charge in [0.2, 0.25) is 21.8 Å². The first-order valence-electron chi connectivity index (χ1n) is 11.7. The molecule has 0 bridgehead atoms. The summed E-state index contributed by atoms with van der Waals surface area (Å²) in [5.74, 6) is -0.201. The number of anilines is 1. The number of hydrogen-bond donors (Lipinski definition) is 1. The molecule has 0 aliphatic carbocycles. The van der Waals surface area contributed by atoms with Gasteiger partial charge in [0.25, 0.3) is 0 Å². The van der Waals surface area contributed by atoms with Crippen LogP contribution in [0.25, 0.3) is 10.8 Å². The fraction of sp³-hybridized carbons (Fsp3) is 0.333. The summed E-state index contributed by atoms with van der Waals surface area (Å²) >= 11 is 0. The van der Waals surface area contributed by atoms with Crippen molar-refractivity contribution < 1.29 is 22.7 Å². The van der Waals surface area contributed by atoms with Crippen molar-refractivity contribution in [1.29, 1.82) is 0 Å². The van der Waals surface area contributed by atoms with E-state index in [9.17, 15) is 18.0 Å². The molecule has 0 aromatic heterocycles. The first-order valence-corrected chi connectivity index (χ1v) is 13.5. The molecule has 1 atom stereocenters. The van der Waals surface area contributed by atoms with E-state index >= 15 is 0 Å². The van der Waals surface area contributed by atoms with Gasteiger partial charge in [0.15, 0.2) is 0 Å². The van der Waals surface area contributed by atoms with Crippen molar-refractivity contribution in [3.05, 3.63) is 72.3 Å². The van der Waals surface area contributed by atoms with Gasteiger partial charge >= 0.3 is 0 Å². The molecule has 8 nitrogen and oxygen atoms in total. The van der Waals surface area contributed by atoms with Crippen LogP contribution in [0.3, 0.4) is 0 Å². The van der Waals surface area contributed by atoms with Crippen LogP contribution in [0.2, 0.25) is 0 Å². The van der Waals surface area contributed by atoms with Crippen molar-refractivity contribution in [2.45, 2.75) is 39.4 Å². The smallest absolute Gasteiger partial charge is 0.244 e. The predicted molar refractivity (Wildman–Crippen MR) is 142 cm³/mol. The molecule has 1 N–H and O–H groups in total. The SMILES string of the molecule is COc1cccc(CN(C(=O)CN(c2cccc3ccccc23)S(C)(=O)=O)[C@H](C)C(=O)NC(C)C)c1. The average molecular weight is 512 g/mol. The fourth-order valence-corrected chi connectivity index (χ4v) is 4.84. The zero-order valence-corrected chi connectivity index (χ0v) is 22.1. The van der Waals surface area contributed by atoms with Gasteiger partial charge in [-0.1, -0.05) is 48.5 Å². The Hall–Kier alpha value is -3.59. The number of rotatable bonds is 10. The Bertz CT molecular complexity index is 1330. The topological polar surface area (TPSA) is 96.0 Å². The third-order valence-electron chi connectivity index (χ3n) is 5.80. The van der Waals surface area contributed by atoms with E-state index in [0.29, 0.717) is 16.8 Å². The lowest BCUT2D eigenvalue weighted by Crippen LogP contribution is -2.52. The van der Waals surface area contributed by atoms with E-state index in [1.54, 1.807) is 44.4 Å². The summed E-state index contributed by atoms with van der Waals surface area (Å²) in [5.41, 5.74) is 1.16. The minimum absolute atomic E-state index is 0.107. The minimum atomic E-state index is -3.82. The maximum absolute atomic E-state index is 13.7. The van der Waals surface area contributed by atoms with Gasteiger partial charge in [-0.3, -0.25) is 13.9 Å². The van der Waals surface area contributed by atoms with Gasteiger partial charge in [-0.15, -0.1) is 0 Å². The van der Waals surface area contributed by atoms with Crippen LogP contribution in [0.1, 0.15) is 26.3 Å². The number of fused-ring (bicyclic) bond motifs is 1. The number of methoxy groups -OCH3 is 1. The molecule has 3 aromatic rings. The van der Waals surface area contributed by atoms with Crippen LogP contribution >= 0.6 is 0 Å². The molecule has 0 saturated heterocycles. The monoisotopic (exact) mass is 511 g/mol. The number of nitrogens with one attached hydrogen (secondary N) is 1. The Kier molecular flexibility index (Phi) is 8.57. The summed E-state index contributed by atoms with van der Waals surface area (Å²) in [6.07, 6.45) is 1.07. The highest BCUT2D eigenvalue weighted by Gasteiger charge is 2.30. The molecule has 0 saturated carbocycles. The molecule has 0 fully saturated rings. The second-order valence-corrected chi connectivity index (χ2v) is 10.9. The van der Waals surface area contributed by atoms with E-state index in [4.69, 9.17) is 4.74 Å². The number of amides is 2. The van der Waals surface area contributed by atoms with Crippen LogP contribution in [-0.2, 0) is 26.2 Å². The molecule has 0 unspecified atom stereocenters. The maximum Gasteiger partial charge on any atom is 0.244 e. The third kappa shape index (κ3) is 6.54. The van der Waals surface area contributed by atoms with Crippen molar-refractivity contribution in [2.75, 3.05) is 24.2 Å². The number of carbonyl (C=O) groups excluding carboxylic acids is 2. The van der Waals surface area contributed by atoms with Crippen LogP contribution in [0.5, 0.6) is 5.75 Å². The summed E-state index contributed by atoms with van der Waals surface area (Å²) in [5, 5.41) is 4.40. The lowest BCUT2D eigenvalue weighted by molar-refractivity contribution is -0.139. The first-order chi connectivity index (χ1) is 17.0. The van der Waals surface area contributed by atoms with Crippen LogP contribution in [0.4, 0.5) is 5.69 Å². The summed E-state index contributed by atoms with van der Waals surface area (Å²) in [6, 6.07) is 19.0. The minimum Gasteiger partial charge on any atom is -0.497 e. The zero-order chi connectivity index (χ0) is 26.5. The van der Waals surface area contributed by atoms with E-state index in [2.05, 4.69) is 5.32 Å². The molecule has 192 valence electrons. The molecule has 0 aliphatic heterocycles. The Balaban J connectivity index is 2.00. The van der Waals surface area contributed by atoms with E-state index in [0.717, 1.165) is 21.5 Å². The van der Waals surface area contributed by atoms with Gasteiger partial charge in [0.05, 0.1) is 19.1 Å². The van der Waals surface area contributed by atoms with Gasteiger partial charge in [0.1, 0.15) is 18.3 Å². The molecule has 36 heavy (non-hydrogen) atoms. The number of ether oxygens (including phenoxy) is 1. The van der Waals surface area contributed by atoms with Crippen molar-refractivity contribution in [3.63, 3.8) is 0 Å². The van der Waals surface area contributed by atoms with Crippen molar-refractivity contribution >= 4 is 38.3 Å². The highest BCUT2D eigenvalue weighted by atomic mass is 32.2. The Morgan fingerprint density at radius 2 is 1.64 bits per heavy atom. The van der Waals surface area contributed by atoms with Crippen molar-refractivity contribution in [3.8, 4) is 5.75 Å². The van der Waals surface area contributed by atoms with Crippen LogP contribution in [-0.4, -0.2) is 57.1 Å². The number of benzene rings is 3. The lowest BCUT2D eigenvalue weighted by atomic mass is 10.1. The fourth-order valence-electron chi connectivity index (χ4n) is 3.98. The van der Waals surface area contributed by atoms with Crippen molar-refractivity contribution in [2.24, 2.45) is 0 Å². The Morgan fingerprint density at radius 1 is 0.972 bits per heavy atom. The average Bonchev–Trinajstić information content (AvgIpc) is 2.84. The molecule has 0 heterocycles. The molecule has 3 rings (SSSR count). The summed E-state index contributed by atoms with van der Waals surface area (Å²) < 4.78 is 32.2. The summed E-state index contributed by atoms with van der Waals surface area (Å²) in [4.78, 5) is 28.0. The molecule has 2 amide bonds. The highest BCUT2D eigenvalue weighted by molar-refractivity contribution is 7.92. The Labute approximate surface area is 212 Å². The molecular formula is C27H33N3O5S. The quantitative estimate of drug-likeness (QED) is 0.449. The number of sulfonamides is 1. The summed E-state index contributed by atoms with van der Waals surface area (Å²) in [6.45, 7) is 4.97. The van der Waals surface area contributed by atoms with Gasteiger partial charge in [-0.05, 0) is 49.9 Å². The highest BCUT2D eigenvalue weighted by Crippen LogP contribution is 2.28. The zero-order valence-electron chi connectivity index (χ0n) is 21.3. The molecule has 0 aliphatic rings. The van der Waals surface area contributed by atoms with E-state index in [-0.39, 0.29) is 18.5 Å². The van der Waals surface area contributed by atoms with Gasteiger partial charge in [0, 0.05) is 18.0 Å². The molecule has 3 aromatic carbocycles. The largest absolute Gasteiger partial charge is 0.497 e. The molecule has 9 heteroatoms. The van der Waals surface area contributed by atoms with Crippen LogP contribution < -0.4 is 14.4 Å². The number of nitrogens with zero attached hydrogens (tertiary/aromatic N) is 2. The normalized spacial score (nSPS) is 12.3. The molecular weight excluding hydrogens is 478 g/mol. The van der Waals surface area contributed by atoms with Crippen LogP contribution in [0, 0.1) is 0 Å². The second kappa shape index (κ2) is 11.4. The van der Waals surface area contributed by atoms with Gasteiger partial charge in [-0.2, -0.15) is 0 Å². The third-order valence-corrected chi connectivity index (χ3v) is 6.93. The van der Waals surface area contributed by atoms with E-state index in [1.165, 1.54) is 4.90 Å². The van der Waals surface area contributed by atoms with Gasteiger partial charge in [-0.25, -0.2) is 8.42 Å². The van der Waals surface area contributed by atoms with E-state index in [1.807, 2.05) is 50.2 Å². The number of carbonyl (C=O) groups is 2.